The Hall–Kier alpha value is -3.13. The van der Waals surface area contributed by atoms with E-state index >= 15 is 0 Å². The quantitative estimate of drug-likeness (QED) is 0.729. The van der Waals surface area contributed by atoms with Crippen LogP contribution in [-0.2, 0) is 0 Å². The predicted octanol–water partition coefficient (Wildman–Crippen LogP) is 1.76. The molecule has 28 heavy (non-hydrogen) atoms. The number of piperidine rings is 1. The number of β-amino-alcohol motifs (C(OH)–C–C–N with tert-alkyl or cyclic N) is 1. The number of hydrogen-bond donors (Lipinski definition) is 1. The van der Waals surface area contributed by atoms with Gasteiger partial charge >= 0.3 is 0 Å². The fourth-order valence-corrected chi connectivity index (χ4v) is 4.05. The largest absolute Gasteiger partial charge is 0.454 e. The summed E-state index contributed by atoms with van der Waals surface area (Å²) in [5.41, 5.74) is 2.13. The summed E-state index contributed by atoms with van der Waals surface area (Å²) in [5.74, 6) is 1.74. The number of ether oxygens (including phenoxy) is 2. The molecular weight excluding hydrogens is 360 g/mol. The van der Waals surface area contributed by atoms with Crippen LogP contribution in [0.4, 0.5) is 0 Å². The van der Waals surface area contributed by atoms with Crippen LogP contribution < -0.4 is 9.47 Å². The molecule has 0 aliphatic carbocycles. The maximum Gasteiger partial charge on any atom is 0.272 e. The number of rotatable bonds is 2. The topological polar surface area (TPSA) is 89.2 Å². The van der Waals surface area contributed by atoms with Crippen molar-refractivity contribution < 1.29 is 19.4 Å². The molecule has 8 heteroatoms. The monoisotopic (exact) mass is 380 g/mol. The number of aliphatic hydroxyl groups excluding tert-OH is 1. The van der Waals surface area contributed by atoms with Gasteiger partial charge in [0, 0.05) is 31.4 Å². The minimum atomic E-state index is -0.657. The molecule has 0 spiro atoms. The van der Waals surface area contributed by atoms with Gasteiger partial charge < -0.3 is 19.5 Å². The first-order valence-corrected chi connectivity index (χ1v) is 9.28. The number of hydrogen-bond acceptors (Lipinski definition) is 6. The Morgan fingerprint density at radius 1 is 1.29 bits per heavy atom. The average molecular weight is 380 g/mol. The Morgan fingerprint density at radius 2 is 2.14 bits per heavy atom. The van der Waals surface area contributed by atoms with Gasteiger partial charge in [-0.25, -0.2) is 9.97 Å². The highest BCUT2D eigenvalue weighted by atomic mass is 16.7. The zero-order chi connectivity index (χ0) is 19.3. The summed E-state index contributed by atoms with van der Waals surface area (Å²) >= 11 is 0. The van der Waals surface area contributed by atoms with Crippen LogP contribution >= 0.6 is 0 Å². The first kappa shape index (κ1) is 17.0. The lowest BCUT2D eigenvalue weighted by Crippen LogP contribution is -2.46. The molecule has 1 saturated heterocycles. The third-order valence-corrected chi connectivity index (χ3v) is 5.47. The molecule has 5 rings (SSSR count). The molecule has 0 bridgehead atoms. The average Bonchev–Trinajstić information content (AvgIpc) is 3.29. The summed E-state index contributed by atoms with van der Waals surface area (Å²) in [4.78, 5) is 23.4. The summed E-state index contributed by atoms with van der Waals surface area (Å²) in [7, 11) is 0. The summed E-state index contributed by atoms with van der Waals surface area (Å²) in [5, 5.41) is 10.8. The number of nitrogens with zero attached hydrogens (tertiary/aromatic N) is 4. The first-order valence-electron chi connectivity index (χ1n) is 9.28. The molecule has 1 aromatic carbocycles. The third kappa shape index (κ3) is 2.68. The molecule has 0 unspecified atom stereocenters. The Balaban J connectivity index is 1.37. The molecular formula is C20H20N4O4. The van der Waals surface area contributed by atoms with Crippen LogP contribution in [-0.4, -0.2) is 56.3 Å². The molecule has 1 amide bonds. The Labute approximate surface area is 161 Å². The number of imidazole rings is 1. The van der Waals surface area contributed by atoms with Gasteiger partial charge in [-0.3, -0.25) is 9.20 Å². The van der Waals surface area contributed by atoms with Gasteiger partial charge in [-0.2, -0.15) is 0 Å². The molecule has 3 aromatic rings. The molecule has 2 aliphatic rings. The minimum Gasteiger partial charge on any atom is -0.454 e. The number of aromatic nitrogens is 3. The number of benzene rings is 1. The summed E-state index contributed by atoms with van der Waals surface area (Å²) in [6.07, 6.45) is 3.44. The van der Waals surface area contributed by atoms with Gasteiger partial charge in [-0.05, 0) is 37.1 Å². The maximum atomic E-state index is 13.1. The zero-order valence-electron chi connectivity index (χ0n) is 15.4. The fraction of sp³-hybridized carbons (Fsp3) is 0.350. The van der Waals surface area contributed by atoms with Crippen molar-refractivity contribution >= 4 is 11.7 Å². The van der Waals surface area contributed by atoms with Crippen LogP contribution in [0.25, 0.3) is 5.78 Å². The molecule has 8 nitrogen and oxygen atoms in total. The van der Waals surface area contributed by atoms with Crippen LogP contribution in [0, 0.1) is 6.92 Å². The molecule has 1 fully saturated rings. The number of likely N-dealkylation sites (tertiary alicyclic amines) is 1. The van der Waals surface area contributed by atoms with Crippen molar-refractivity contribution in [3.63, 3.8) is 0 Å². The summed E-state index contributed by atoms with van der Waals surface area (Å²) in [6, 6.07) is 7.52. The van der Waals surface area contributed by atoms with E-state index in [4.69, 9.17) is 9.47 Å². The van der Waals surface area contributed by atoms with E-state index in [9.17, 15) is 9.90 Å². The van der Waals surface area contributed by atoms with Gasteiger partial charge in [0.15, 0.2) is 11.5 Å². The Bertz CT molecular complexity index is 1060. The van der Waals surface area contributed by atoms with E-state index in [2.05, 4.69) is 9.97 Å². The van der Waals surface area contributed by atoms with Gasteiger partial charge in [0.25, 0.3) is 5.91 Å². The molecule has 0 saturated carbocycles. The second kappa shape index (κ2) is 6.49. The van der Waals surface area contributed by atoms with E-state index in [1.54, 1.807) is 34.7 Å². The second-order valence-corrected chi connectivity index (χ2v) is 7.16. The second-order valence-electron chi connectivity index (χ2n) is 7.16. The Kier molecular flexibility index (Phi) is 3.94. The molecule has 144 valence electrons. The number of carbonyl (C=O) groups excluding carboxylic acids is 1. The molecule has 0 radical (unpaired) electrons. The molecule has 4 heterocycles. The van der Waals surface area contributed by atoms with Crippen LogP contribution in [0.3, 0.4) is 0 Å². The van der Waals surface area contributed by atoms with E-state index in [1.165, 1.54) is 0 Å². The SMILES string of the molecule is Cc1nc2ncccn2c1C(=O)N1CC[C@H](c2ccc3c(c2)OCO3)[C@@H](O)C1. The highest BCUT2D eigenvalue weighted by molar-refractivity contribution is 5.94. The van der Waals surface area contributed by atoms with Gasteiger partial charge in [-0.1, -0.05) is 6.07 Å². The van der Waals surface area contributed by atoms with E-state index in [0.29, 0.717) is 35.9 Å². The van der Waals surface area contributed by atoms with Crippen LogP contribution in [0.1, 0.15) is 34.1 Å². The normalized spacial score (nSPS) is 21.3. The minimum absolute atomic E-state index is 0.0523. The molecule has 2 aromatic heterocycles. The smallest absolute Gasteiger partial charge is 0.272 e. The van der Waals surface area contributed by atoms with Crippen LogP contribution in [0.2, 0.25) is 0 Å². The lowest BCUT2D eigenvalue weighted by atomic mass is 9.86. The van der Waals surface area contributed by atoms with E-state index in [-0.39, 0.29) is 25.2 Å². The fourth-order valence-electron chi connectivity index (χ4n) is 4.05. The number of amides is 1. The Morgan fingerprint density at radius 3 is 3.00 bits per heavy atom. The first-order chi connectivity index (χ1) is 13.6. The lowest BCUT2D eigenvalue weighted by molar-refractivity contribution is 0.0376. The number of aryl methyl sites for hydroxylation is 1. The van der Waals surface area contributed by atoms with E-state index in [1.807, 2.05) is 18.2 Å². The highest BCUT2D eigenvalue weighted by Gasteiger charge is 2.34. The van der Waals surface area contributed by atoms with Crippen LogP contribution in [0.15, 0.2) is 36.7 Å². The van der Waals surface area contributed by atoms with Gasteiger partial charge in [-0.15, -0.1) is 0 Å². The molecule has 1 N–H and O–H groups in total. The third-order valence-electron chi connectivity index (χ3n) is 5.47. The maximum absolute atomic E-state index is 13.1. The predicted molar refractivity (Wildman–Crippen MR) is 99.6 cm³/mol. The summed E-state index contributed by atoms with van der Waals surface area (Å²) in [6.45, 7) is 2.85. The number of carbonyl (C=O) groups is 1. The zero-order valence-corrected chi connectivity index (χ0v) is 15.4. The molecule has 2 atom stereocenters. The van der Waals surface area contributed by atoms with Crippen molar-refractivity contribution in [1.82, 2.24) is 19.3 Å². The van der Waals surface area contributed by atoms with Gasteiger partial charge in [0.1, 0.15) is 5.69 Å². The lowest BCUT2D eigenvalue weighted by Gasteiger charge is -2.36. The van der Waals surface area contributed by atoms with E-state index in [0.717, 1.165) is 11.3 Å². The van der Waals surface area contributed by atoms with Crippen molar-refractivity contribution in [3.8, 4) is 11.5 Å². The van der Waals surface area contributed by atoms with Gasteiger partial charge in [0.05, 0.1) is 11.8 Å². The highest BCUT2D eigenvalue weighted by Crippen LogP contribution is 2.37. The van der Waals surface area contributed by atoms with Crippen molar-refractivity contribution in [1.29, 1.82) is 0 Å². The van der Waals surface area contributed by atoms with Crippen molar-refractivity contribution in [3.05, 3.63) is 53.6 Å². The number of fused-ring (bicyclic) bond motifs is 2. The summed E-state index contributed by atoms with van der Waals surface area (Å²) < 4.78 is 12.5. The van der Waals surface area contributed by atoms with Crippen molar-refractivity contribution in [2.24, 2.45) is 0 Å². The van der Waals surface area contributed by atoms with Gasteiger partial charge in [0.2, 0.25) is 12.6 Å². The van der Waals surface area contributed by atoms with Crippen molar-refractivity contribution in [2.45, 2.75) is 25.4 Å². The van der Waals surface area contributed by atoms with Crippen LogP contribution in [0.5, 0.6) is 11.5 Å². The standard InChI is InChI=1S/C20H20N4O4/c1-12-18(24-7-2-6-21-20(24)22-12)19(26)23-8-5-14(15(25)10-23)13-3-4-16-17(9-13)28-11-27-16/h2-4,6-7,9,14-15,25H,5,8,10-11H2,1H3/t14-,15+/m1/s1. The van der Waals surface area contributed by atoms with Crippen molar-refractivity contribution in [2.75, 3.05) is 19.9 Å². The number of aliphatic hydroxyl groups is 1. The van der Waals surface area contributed by atoms with E-state index < -0.39 is 6.10 Å². The molecule has 2 aliphatic heterocycles.